The van der Waals surface area contributed by atoms with Crippen molar-refractivity contribution in [2.45, 2.75) is 37.8 Å². The molecular formula is C26H30N2O6. The largest absolute Gasteiger partial charge is 0.481 e. The fourth-order valence-electron chi connectivity index (χ4n) is 4.90. The van der Waals surface area contributed by atoms with Gasteiger partial charge in [0.25, 0.3) is 0 Å². The molecule has 1 heterocycles. The van der Waals surface area contributed by atoms with Gasteiger partial charge in [-0.25, -0.2) is 4.79 Å². The van der Waals surface area contributed by atoms with Crippen LogP contribution in [0.2, 0.25) is 0 Å². The summed E-state index contributed by atoms with van der Waals surface area (Å²) in [5.41, 5.74) is 3.68. The molecule has 2 aromatic rings. The number of aliphatic carboxylic acids is 1. The molecule has 1 saturated heterocycles. The Bertz CT molecular complexity index is 1050. The number of rotatable bonds is 7. The molecule has 2 unspecified atom stereocenters. The van der Waals surface area contributed by atoms with Crippen molar-refractivity contribution < 1.29 is 29.0 Å². The van der Waals surface area contributed by atoms with E-state index in [4.69, 9.17) is 9.47 Å². The van der Waals surface area contributed by atoms with E-state index in [1.807, 2.05) is 24.3 Å². The lowest BCUT2D eigenvalue weighted by Gasteiger charge is -2.28. The van der Waals surface area contributed by atoms with Crippen molar-refractivity contribution in [2.75, 3.05) is 26.8 Å². The molecule has 0 radical (unpaired) electrons. The molecule has 0 bridgehead atoms. The van der Waals surface area contributed by atoms with Crippen LogP contribution in [0.25, 0.3) is 11.1 Å². The zero-order valence-corrected chi connectivity index (χ0v) is 19.6. The van der Waals surface area contributed by atoms with Gasteiger partial charge in [-0.05, 0) is 36.1 Å². The fraction of sp³-hybridized carbons (Fsp3) is 0.423. The third-order valence-electron chi connectivity index (χ3n) is 6.62. The van der Waals surface area contributed by atoms with Crippen LogP contribution >= 0.6 is 0 Å². The van der Waals surface area contributed by atoms with Gasteiger partial charge in [0.2, 0.25) is 5.91 Å². The van der Waals surface area contributed by atoms with E-state index >= 15 is 0 Å². The van der Waals surface area contributed by atoms with Gasteiger partial charge in [0.05, 0.1) is 6.10 Å². The highest BCUT2D eigenvalue weighted by atomic mass is 16.5. The maximum absolute atomic E-state index is 12.8. The zero-order valence-electron chi connectivity index (χ0n) is 19.6. The number of carboxylic acids is 1. The molecule has 2 aromatic carbocycles. The Morgan fingerprint density at radius 2 is 1.62 bits per heavy atom. The molecule has 8 nitrogen and oxygen atoms in total. The van der Waals surface area contributed by atoms with Crippen molar-refractivity contribution in [1.29, 1.82) is 0 Å². The lowest BCUT2D eigenvalue weighted by atomic mass is 9.98. The average molecular weight is 467 g/mol. The molecule has 180 valence electrons. The molecule has 0 aromatic heterocycles. The third-order valence-corrected chi connectivity index (χ3v) is 6.62. The average Bonchev–Trinajstić information content (AvgIpc) is 3.37. The van der Waals surface area contributed by atoms with Gasteiger partial charge in [-0.2, -0.15) is 0 Å². The van der Waals surface area contributed by atoms with Crippen LogP contribution in [0.15, 0.2) is 48.5 Å². The molecule has 0 saturated carbocycles. The smallest absolute Gasteiger partial charge is 0.407 e. The van der Waals surface area contributed by atoms with Gasteiger partial charge in [-0.3, -0.25) is 9.59 Å². The number of fused-ring (bicyclic) bond motifs is 3. The summed E-state index contributed by atoms with van der Waals surface area (Å²) >= 11 is 0. The normalized spacial score (nSPS) is 19.4. The summed E-state index contributed by atoms with van der Waals surface area (Å²) in [5.74, 6) is -2.04. The molecule has 8 heteroatoms. The van der Waals surface area contributed by atoms with Crippen molar-refractivity contribution in [1.82, 2.24) is 10.2 Å². The Morgan fingerprint density at radius 3 is 2.15 bits per heavy atom. The first kappa shape index (κ1) is 23.8. The van der Waals surface area contributed by atoms with Gasteiger partial charge in [-0.15, -0.1) is 0 Å². The van der Waals surface area contributed by atoms with E-state index in [1.54, 1.807) is 13.8 Å². The monoisotopic (exact) mass is 466 g/mol. The Balaban J connectivity index is 1.34. The van der Waals surface area contributed by atoms with Crippen molar-refractivity contribution in [3.05, 3.63) is 59.7 Å². The Kier molecular flexibility index (Phi) is 6.61. The number of amides is 2. The molecule has 1 aliphatic heterocycles. The second-order valence-corrected chi connectivity index (χ2v) is 9.53. The highest BCUT2D eigenvalue weighted by Gasteiger charge is 2.41. The number of likely N-dealkylation sites (tertiary alicyclic amines) is 1. The maximum Gasteiger partial charge on any atom is 0.407 e. The lowest BCUT2D eigenvalue weighted by Crippen LogP contribution is -2.47. The number of hydrogen-bond acceptors (Lipinski definition) is 5. The number of alkyl carbamates (subject to hydrolysis) is 1. The number of benzene rings is 2. The summed E-state index contributed by atoms with van der Waals surface area (Å²) in [6, 6.07) is 16.2. The van der Waals surface area contributed by atoms with E-state index in [1.165, 1.54) is 12.0 Å². The van der Waals surface area contributed by atoms with Crippen molar-refractivity contribution in [3.8, 4) is 11.1 Å². The Hall–Kier alpha value is -3.39. The van der Waals surface area contributed by atoms with E-state index in [0.29, 0.717) is 0 Å². The number of carbonyl (C=O) groups excluding carboxylic acids is 2. The predicted molar refractivity (Wildman–Crippen MR) is 125 cm³/mol. The SMILES string of the molecule is COC1CN(C(=O)CC(C)(C)NC(=O)OCC2c3ccccc3-c3ccccc32)CC1C(=O)O. The molecule has 1 fully saturated rings. The molecule has 0 spiro atoms. The van der Waals surface area contributed by atoms with Crippen LogP contribution in [0, 0.1) is 5.92 Å². The standard InChI is InChI=1S/C26H30N2O6/c1-26(2,12-23(29)28-13-20(24(30)31)22(14-28)33-3)27-25(32)34-15-21-18-10-6-4-8-16(18)17-9-5-7-11-19(17)21/h4-11,20-22H,12-15H2,1-3H3,(H,27,32)(H,30,31). The van der Waals surface area contributed by atoms with Crippen LogP contribution < -0.4 is 5.32 Å². The van der Waals surface area contributed by atoms with E-state index < -0.39 is 29.6 Å². The topological polar surface area (TPSA) is 105 Å². The number of methoxy groups -OCH3 is 1. The second kappa shape index (κ2) is 9.46. The molecule has 2 aliphatic rings. The summed E-state index contributed by atoms with van der Waals surface area (Å²) in [4.78, 5) is 38.3. The summed E-state index contributed by atoms with van der Waals surface area (Å²) in [5, 5.41) is 12.1. The number of nitrogens with one attached hydrogen (secondary N) is 1. The minimum Gasteiger partial charge on any atom is -0.481 e. The summed E-state index contributed by atoms with van der Waals surface area (Å²) in [6.45, 7) is 3.97. The van der Waals surface area contributed by atoms with Gasteiger partial charge in [0.15, 0.2) is 0 Å². The van der Waals surface area contributed by atoms with Crippen molar-refractivity contribution in [2.24, 2.45) is 5.92 Å². The van der Waals surface area contributed by atoms with E-state index in [2.05, 4.69) is 29.6 Å². The van der Waals surface area contributed by atoms with Gasteiger partial charge in [-0.1, -0.05) is 48.5 Å². The molecule has 4 rings (SSSR count). The molecule has 2 N–H and O–H groups in total. The Morgan fingerprint density at radius 1 is 1.03 bits per heavy atom. The zero-order chi connectivity index (χ0) is 24.5. The third kappa shape index (κ3) is 4.77. The van der Waals surface area contributed by atoms with Crippen LogP contribution in [0.4, 0.5) is 4.79 Å². The first-order valence-electron chi connectivity index (χ1n) is 11.4. The van der Waals surface area contributed by atoms with Gasteiger partial charge in [0, 0.05) is 38.1 Å². The molecular weight excluding hydrogens is 436 g/mol. The van der Waals surface area contributed by atoms with Gasteiger partial charge in [0.1, 0.15) is 12.5 Å². The number of carbonyl (C=O) groups is 3. The van der Waals surface area contributed by atoms with Gasteiger partial charge < -0.3 is 24.8 Å². The lowest BCUT2D eigenvalue weighted by molar-refractivity contribution is -0.144. The highest BCUT2D eigenvalue weighted by molar-refractivity contribution is 5.81. The number of hydrogen-bond donors (Lipinski definition) is 2. The van der Waals surface area contributed by atoms with E-state index in [-0.39, 0.29) is 37.9 Å². The number of carboxylic acid groups (broad SMARTS) is 1. The Labute approximate surface area is 198 Å². The first-order valence-corrected chi connectivity index (χ1v) is 11.4. The van der Waals surface area contributed by atoms with Crippen molar-refractivity contribution >= 4 is 18.0 Å². The number of ether oxygens (including phenoxy) is 2. The predicted octanol–water partition coefficient (Wildman–Crippen LogP) is 3.25. The van der Waals surface area contributed by atoms with Crippen molar-refractivity contribution in [3.63, 3.8) is 0 Å². The molecule has 1 aliphatic carbocycles. The van der Waals surface area contributed by atoms with E-state index in [0.717, 1.165) is 22.3 Å². The highest BCUT2D eigenvalue weighted by Crippen LogP contribution is 2.44. The quantitative estimate of drug-likeness (QED) is 0.649. The summed E-state index contributed by atoms with van der Waals surface area (Å²) in [6.07, 6.45) is -1.13. The molecule has 2 atom stereocenters. The molecule has 34 heavy (non-hydrogen) atoms. The first-order chi connectivity index (χ1) is 16.2. The van der Waals surface area contributed by atoms with E-state index in [9.17, 15) is 19.5 Å². The van der Waals surface area contributed by atoms with Crippen LogP contribution in [0.5, 0.6) is 0 Å². The van der Waals surface area contributed by atoms with Crippen LogP contribution in [-0.4, -0.2) is 66.4 Å². The minimum atomic E-state index is -0.988. The fourth-order valence-corrected chi connectivity index (χ4v) is 4.90. The number of nitrogens with zero attached hydrogens (tertiary/aromatic N) is 1. The van der Waals surface area contributed by atoms with Crippen LogP contribution in [-0.2, 0) is 19.1 Å². The van der Waals surface area contributed by atoms with Gasteiger partial charge >= 0.3 is 12.1 Å². The maximum atomic E-state index is 12.8. The minimum absolute atomic E-state index is 0.0139. The van der Waals surface area contributed by atoms with Crippen LogP contribution in [0.3, 0.4) is 0 Å². The van der Waals surface area contributed by atoms with Crippen LogP contribution in [0.1, 0.15) is 37.3 Å². The second-order valence-electron chi connectivity index (χ2n) is 9.53. The summed E-state index contributed by atoms with van der Waals surface area (Å²) < 4.78 is 10.8. The molecule has 2 amide bonds. The summed E-state index contributed by atoms with van der Waals surface area (Å²) in [7, 11) is 1.44.